The molecule has 0 saturated carbocycles. The minimum Gasteiger partial charge on any atom is -1.00 e. The number of rotatable bonds is 5. The summed E-state index contributed by atoms with van der Waals surface area (Å²) in [6.07, 6.45) is 4.73. The van der Waals surface area contributed by atoms with Crippen LogP contribution < -0.4 is 24.2 Å². The summed E-state index contributed by atoms with van der Waals surface area (Å²) in [5, 5.41) is 2.71. The molecular weight excluding hydrogens is 133 g/mol. The van der Waals surface area contributed by atoms with Gasteiger partial charge < -0.3 is 6.74 Å². The zero-order valence-corrected chi connectivity index (χ0v) is 7.52. The number of carbonyl (C=O) groups excluding carboxylic acids is 1. The summed E-state index contributed by atoms with van der Waals surface area (Å²) >= 11 is 0. The van der Waals surface area contributed by atoms with Crippen molar-refractivity contribution in [1.82, 2.24) is 5.32 Å². The SMILES string of the molecule is C=CC(=O)NCCCCC.[H-].[Li+]. The van der Waals surface area contributed by atoms with Crippen molar-refractivity contribution in [3.8, 4) is 0 Å². The number of nitrogens with one attached hydrogen (secondary N) is 1. The first kappa shape index (κ1) is 13.4. The third-order valence-corrected chi connectivity index (χ3v) is 1.26. The van der Waals surface area contributed by atoms with Crippen LogP contribution in [0.15, 0.2) is 12.7 Å². The van der Waals surface area contributed by atoms with E-state index in [1.165, 1.54) is 18.9 Å². The Morgan fingerprint density at radius 3 is 2.73 bits per heavy atom. The van der Waals surface area contributed by atoms with Gasteiger partial charge in [0.15, 0.2) is 0 Å². The number of carbonyl (C=O) groups is 1. The maximum Gasteiger partial charge on any atom is 1.00 e. The van der Waals surface area contributed by atoms with Crippen molar-refractivity contribution in [3.05, 3.63) is 12.7 Å². The first-order chi connectivity index (χ1) is 4.81. The molecule has 0 radical (unpaired) electrons. The first-order valence-electron chi connectivity index (χ1n) is 3.71. The number of hydrogen-bond acceptors (Lipinski definition) is 1. The second-order valence-corrected chi connectivity index (χ2v) is 2.20. The van der Waals surface area contributed by atoms with Crippen molar-refractivity contribution < 1.29 is 25.1 Å². The molecular formula is C8H16LiNO. The second-order valence-electron chi connectivity index (χ2n) is 2.20. The van der Waals surface area contributed by atoms with Crippen molar-refractivity contribution in [3.63, 3.8) is 0 Å². The number of amides is 1. The van der Waals surface area contributed by atoms with E-state index in [0.717, 1.165) is 13.0 Å². The minimum absolute atomic E-state index is 0. The van der Waals surface area contributed by atoms with E-state index in [1.54, 1.807) is 0 Å². The number of unbranched alkanes of at least 4 members (excludes halogenated alkanes) is 2. The topological polar surface area (TPSA) is 29.1 Å². The smallest absolute Gasteiger partial charge is 1.00 e. The summed E-state index contributed by atoms with van der Waals surface area (Å²) in [4.78, 5) is 10.5. The summed E-state index contributed by atoms with van der Waals surface area (Å²) in [5.41, 5.74) is 0. The molecule has 0 bridgehead atoms. The molecule has 0 aromatic heterocycles. The van der Waals surface area contributed by atoms with Crippen molar-refractivity contribution in [1.29, 1.82) is 0 Å². The van der Waals surface area contributed by atoms with Crippen LogP contribution in [0.2, 0.25) is 0 Å². The third-order valence-electron chi connectivity index (χ3n) is 1.26. The predicted octanol–water partition coefficient (Wildman–Crippen LogP) is -1.40. The maximum atomic E-state index is 10.5. The van der Waals surface area contributed by atoms with Crippen LogP contribution in [0.25, 0.3) is 0 Å². The van der Waals surface area contributed by atoms with Gasteiger partial charge >= 0.3 is 18.9 Å². The van der Waals surface area contributed by atoms with Gasteiger partial charge in [0.05, 0.1) is 0 Å². The average molecular weight is 149 g/mol. The van der Waals surface area contributed by atoms with Crippen LogP contribution in [-0.2, 0) is 4.79 Å². The van der Waals surface area contributed by atoms with E-state index in [9.17, 15) is 4.79 Å². The molecule has 0 unspecified atom stereocenters. The summed E-state index contributed by atoms with van der Waals surface area (Å²) < 4.78 is 0. The molecule has 2 nitrogen and oxygen atoms in total. The summed E-state index contributed by atoms with van der Waals surface area (Å²) in [6.45, 7) is 6.26. The van der Waals surface area contributed by atoms with E-state index >= 15 is 0 Å². The van der Waals surface area contributed by atoms with Gasteiger partial charge in [0.1, 0.15) is 0 Å². The monoisotopic (exact) mass is 149 g/mol. The van der Waals surface area contributed by atoms with Crippen molar-refractivity contribution in [2.24, 2.45) is 0 Å². The molecule has 0 spiro atoms. The van der Waals surface area contributed by atoms with Gasteiger partial charge in [-0.3, -0.25) is 4.79 Å². The van der Waals surface area contributed by atoms with Gasteiger partial charge in [-0.1, -0.05) is 26.3 Å². The Bertz CT molecular complexity index is 120. The normalized spacial score (nSPS) is 8.09. The largest absolute Gasteiger partial charge is 1.00 e. The molecule has 0 aliphatic carbocycles. The van der Waals surface area contributed by atoms with Gasteiger partial charge in [-0.25, -0.2) is 0 Å². The van der Waals surface area contributed by atoms with Crippen LogP contribution in [0.1, 0.15) is 27.6 Å². The quantitative estimate of drug-likeness (QED) is 0.290. The fourth-order valence-corrected chi connectivity index (χ4v) is 0.659. The summed E-state index contributed by atoms with van der Waals surface area (Å²) in [5.74, 6) is -0.0731. The zero-order chi connectivity index (χ0) is 7.82. The molecule has 11 heavy (non-hydrogen) atoms. The summed E-state index contributed by atoms with van der Waals surface area (Å²) in [6, 6.07) is 0. The molecule has 1 N–H and O–H groups in total. The molecule has 0 fully saturated rings. The number of hydrogen-bond donors (Lipinski definition) is 1. The standard InChI is InChI=1S/C8H15NO.Li.H/c1-3-5-6-7-9-8(10)4-2;;/h4H,2-3,5-7H2,1H3,(H,9,10);;/q;+1;-1. The van der Waals surface area contributed by atoms with Gasteiger partial charge in [-0.05, 0) is 12.5 Å². The van der Waals surface area contributed by atoms with E-state index in [4.69, 9.17) is 0 Å². The predicted molar refractivity (Wildman–Crippen MR) is 43.8 cm³/mol. The fourth-order valence-electron chi connectivity index (χ4n) is 0.659. The van der Waals surface area contributed by atoms with Crippen molar-refractivity contribution >= 4 is 5.91 Å². The van der Waals surface area contributed by atoms with Crippen LogP contribution in [-0.4, -0.2) is 12.5 Å². The van der Waals surface area contributed by atoms with Gasteiger partial charge in [-0.2, -0.15) is 0 Å². The van der Waals surface area contributed by atoms with Gasteiger partial charge in [0.25, 0.3) is 0 Å². The Morgan fingerprint density at radius 1 is 1.64 bits per heavy atom. The molecule has 1 amide bonds. The van der Waals surface area contributed by atoms with Gasteiger partial charge in [0.2, 0.25) is 5.91 Å². The molecule has 0 heterocycles. The maximum absolute atomic E-state index is 10.5. The Kier molecular flexibility index (Phi) is 11.9. The van der Waals surface area contributed by atoms with E-state index in [0.29, 0.717) is 0 Å². The second kappa shape index (κ2) is 9.81. The van der Waals surface area contributed by atoms with E-state index in [-0.39, 0.29) is 26.2 Å². The fraction of sp³-hybridized carbons (Fsp3) is 0.625. The average Bonchev–Trinajstić information content (AvgIpc) is 1.98. The molecule has 0 aliphatic heterocycles. The minimum atomic E-state index is -0.0731. The van der Waals surface area contributed by atoms with Crippen LogP contribution >= 0.6 is 0 Å². The molecule has 0 rings (SSSR count). The first-order valence-corrected chi connectivity index (χ1v) is 3.71. The van der Waals surface area contributed by atoms with Crippen LogP contribution in [0.4, 0.5) is 0 Å². The Hall–Kier alpha value is -0.193. The zero-order valence-electron chi connectivity index (χ0n) is 8.52. The molecule has 0 aromatic carbocycles. The summed E-state index contributed by atoms with van der Waals surface area (Å²) in [7, 11) is 0. The molecule has 3 heteroatoms. The van der Waals surface area contributed by atoms with Crippen molar-refractivity contribution in [2.45, 2.75) is 26.2 Å². The van der Waals surface area contributed by atoms with Crippen LogP contribution in [0.3, 0.4) is 0 Å². The molecule has 0 saturated heterocycles. The van der Waals surface area contributed by atoms with Gasteiger partial charge in [0, 0.05) is 6.54 Å². The third kappa shape index (κ3) is 9.81. The van der Waals surface area contributed by atoms with E-state index in [1.807, 2.05) is 0 Å². The van der Waals surface area contributed by atoms with Crippen molar-refractivity contribution in [2.75, 3.05) is 6.54 Å². The Labute approximate surface area is 82.1 Å². The van der Waals surface area contributed by atoms with Gasteiger partial charge in [-0.15, -0.1) is 0 Å². The molecule has 0 aliphatic rings. The Balaban J connectivity index is -0.000000405. The molecule has 0 aromatic rings. The van der Waals surface area contributed by atoms with E-state index in [2.05, 4.69) is 18.8 Å². The van der Waals surface area contributed by atoms with Crippen LogP contribution in [0.5, 0.6) is 0 Å². The Morgan fingerprint density at radius 2 is 2.27 bits per heavy atom. The molecule has 60 valence electrons. The van der Waals surface area contributed by atoms with Crippen LogP contribution in [0, 0.1) is 0 Å². The van der Waals surface area contributed by atoms with E-state index < -0.39 is 0 Å². The molecule has 0 atom stereocenters.